The maximum atomic E-state index is 11.7. The van der Waals surface area contributed by atoms with Crippen molar-refractivity contribution in [3.05, 3.63) is 0 Å². The molecule has 1 aliphatic heterocycles. The number of carbonyl (C=O) groups excluding carboxylic acids is 3. The number of hydrogen-bond donors (Lipinski definition) is 0. The first-order valence-corrected chi connectivity index (χ1v) is 7.37. The number of hydroxylamine groups is 2. The number of imide groups is 1. The molecule has 7 heteroatoms. The maximum Gasteiger partial charge on any atom is 0.335 e. The van der Waals surface area contributed by atoms with E-state index in [-0.39, 0.29) is 12.3 Å². The summed E-state index contributed by atoms with van der Waals surface area (Å²) in [4.78, 5) is 39.1. The Hall–Kier alpha value is -0.690. The van der Waals surface area contributed by atoms with Crippen molar-refractivity contribution in [2.24, 2.45) is 5.92 Å². The highest BCUT2D eigenvalue weighted by molar-refractivity contribution is 8.76. The van der Waals surface area contributed by atoms with Gasteiger partial charge in [-0.2, -0.15) is 0 Å². The summed E-state index contributed by atoms with van der Waals surface area (Å²) >= 11 is 0. The summed E-state index contributed by atoms with van der Waals surface area (Å²) in [6.45, 7) is 3.28. The molecule has 0 saturated carbocycles. The van der Waals surface area contributed by atoms with E-state index >= 15 is 0 Å². The summed E-state index contributed by atoms with van der Waals surface area (Å²) in [5, 5.41) is 0.151. The predicted octanol–water partition coefficient (Wildman–Crippen LogP) is 1.24. The van der Waals surface area contributed by atoms with Crippen molar-refractivity contribution in [3.63, 3.8) is 0 Å². The quantitative estimate of drug-likeness (QED) is 0.561. The first kappa shape index (κ1) is 13.4. The fourth-order valence-electron chi connectivity index (χ4n) is 1.07. The normalized spacial score (nSPS) is 20.8. The summed E-state index contributed by atoms with van der Waals surface area (Å²) < 4.78 is 0. The lowest BCUT2D eigenvalue weighted by Crippen LogP contribution is -2.35. The first-order valence-electron chi connectivity index (χ1n) is 4.75. The third-order valence-electron chi connectivity index (χ3n) is 1.93. The average molecular weight is 263 g/mol. The van der Waals surface area contributed by atoms with E-state index in [2.05, 4.69) is 0 Å². The Kier molecular flexibility index (Phi) is 4.67. The van der Waals surface area contributed by atoms with Crippen LogP contribution in [0.15, 0.2) is 0 Å². The molecule has 1 heterocycles. The van der Waals surface area contributed by atoms with Crippen LogP contribution in [0.4, 0.5) is 0 Å². The van der Waals surface area contributed by atoms with E-state index in [1.54, 1.807) is 13.8 Å². The molecule has 0 aliphatic carbocycles. The molecule has 90 valence electrons. The Bertz CT molecular complexity index is 319. The van der Waals surface area contributed by atoms with Gasteiger partial charge < -0.3 is 4.84 Å². The Balaban J connectivity index is 2.64. The number of amides is 2. The SMILES string of the molecule is CSSC1CC(=O)N(OC(=O)C(C)C)C1=O. The van der Waals surface area contributed by atoms with Gasteiger partial charge in [0.1, 0.15) is 5.25 Å². The third-order valence-corrected chi connectivity index (χ3v) is 3.99. The molecule has 16 heavy (non-hydrogen) atoms. The summed E-state index contributed by atoms with van der Waals surface area (Å²) in [5.41, 5.74) is 0. The molecule has 0 radical (unpaired) electrons. The minimum Gasteiger partial charge on any atom is -0.330 e. The summed E-state index contributed by atoms with van der Waals surface area (Å²) in [7, 11) is 2.71. The minimum absolute atomic E-state index is 0.0930. The monoisotopic (exact) mass is 263 g/mol. The number of nitrogens with zero attached hydrogens (tertiary/aromatic N) is 1. The second-order valence-electron chi connectivity index (χ2n) is 3.55. The van der Waals surface area contributed by atoms with Gasteiger partial charge in [-0.15, -0.1) is 5.06 Å². The van der Waals surface area contributed by atoms with E-state index in [0.29, 0.717) is 5.06 Å². The lowest BCUT2D eigenvalue weighted by molar-refractivity contribution is -0.199. The van der Waals surface area contributed by atoms with Crippen molar-refractivity contribution in [1.29, 1.82) is 0 Å². The van der Waals surface area contributed by atoms with Gasteiger partial charge in [0.05, 0.1) is 12.3 Å². The van der Waals surface area contributed by atoms with Crippen LogP contribution in [0.3, 0.4) is 0 Å². The van der Waals surface area contributed by atoms with E-state index in [1.807, 2.05) is 6.26 Å². The van der Waals surface area contributed by atoms with Crippen LogP contribution in [-0.2, 0) is 19.2 Å². The van der Waals surface area contributed by atoms with E-state index in [4.69, 9.17) is 4.84 Å². The van der Waals surface area contributed by atoms with Gasteiger partial charge >= 0.3 is 5.97 Å². The molecule has 5 nitrogen and oxygen atoms in total. The Morgan fingerprint density at radius 1 is 1.50 bits per heavy atom. The van der Waals surface area contributed by atoms with Crippen LogP contribution in [0, 0.1) is 5.92 Å². The molecule has 0 aromatic heterocycles. The molecule has 0 bridgehead atoms. The molecule has 0 aromatic rings. The lowest BCUT2D eigenvalue weighted by atomic mass is 10.2. The molecule has 1 saturated heterocycles. The molecule has 0 spiro atoms. The van der Waals surface area contributed by atoms with E-state index < -0.39 is 23.0 Å². The predicted molar refractivity (Wildman–Crippen MR) is 62.3 cm³/mol. The second-order valence-corrected chi connectivity index (χ2v) is 6.22. The van der Waals surface area contributed by atoms with Gasteiger partial charge in [0.2, 0.25) is 0 Å². The molecular weight excluding hydrogens is 250 g/mol. The summed E-state index contributed by atoms with van der Waals surface area (Å²) in [6, 6.07) is 0. The highest BCUT2D eigenvalue weighted by atomic mass is 33.1. The lowest BCUT2D eigenvalue weighted by Gasteiger charge is -2.14. The zero-order chi connectivity index (χ0) is 12.3. The van der Waals surface area contributed by atoms with Crippen LogP contribution < -0.4 is 0 Å². The van der Waals surface area contributed by atoms with Crippen molar-refractivity contribution in [1.82, 2.24) is 5.06 Å². The van der Waals surface area contributed by atoms with Gasteiger partial charge in [0.25, 0.3) is 11.8 Å². The fraction of sp³-hybridized carbons (Fsp3) is 0.667. The Morgan fingerprint density at radius 2 is 2.12 bits per heavy atom. The van der Waals surface area contributed by atoms with Crippen LogP contribution in [0.5, 0.6) is 0 Å². The van der Waals surface area contributed by atoms with E-state index in [9.17, 15) is 14.4 Å². The zero-order valence-electron chi connectivity index (χ0n) is 9.26. The number of carbonyl (C=O) groups is 3. The van der Waals surface area contributed by atoms with Gasteiger partial charge in [-0.05, 0) is 6.26 Å². The molecule has 2 amide bonds. The van der Waals surface area contributed by atoms with Crippen molar-refractivity contribution < 1.29 is 19.2 Å². The van der Waals surface area contributed by atoms with Gasteiger partial charge in [-0.3, -0.25) is 9.59 Å². The fourth-order valence-corrected chi connectivity index (χ4v) is 2.83. The van der Waals surface area contributed by atoms with Crippen LogP contribution >= 0.6 is 21.6 Å². The first-order chi connectivity index (χ1) is 7.47. The van der Waals surface area contributed by atoms with E-state index in [0.717, 1.165) is 0 Å². The highest BCUT2D eigenvalue weighted by Gasteiger charge is 2.42. The minimum atomic E-state index is -0.573. The summed E-state index contributed by atoms with van der Waals surface area (Å²) in [6.07, 6.45) is 1.92. The summed E-state index contributed by atoms with van der Waals surface area (Å²) in [5.74, 6) is -1.84. The Morgan fingerprint density at radius 3 is 2.62 bits per heavy atom. The van der Waals surface area contributed by atoms with Crippen molar-refractivity contribution in [2.75, 3.05) is 6.26 Å². The van der Waals surface area contributed by atoms with Crippen LogP contribution in [0.25, 0.3) is 0 Å². The molecule has 1 unspecified atom stereocenters. The van der Waals surface area contributed by atoms with E-state index in [1.165, 1.54) is 21.6 Å². The number of rotatable bonds is 4. The highest BCUT2D eigenvalue weighted by Crippen LogP contribution is 2.32. The maximum absolute atomic E-state index is 11.7. The van der Waals surface area contributed by atoms with Gasteiger partial charge in [0.15, 0.2) is 0 Å². The topological polar surface area (TPSA) is 63.7 Å². The molecule has 0 N–H and O–H groups in total. The Labute approximate surface area is 102 Å². The number of hydrogen-bond acceptors (Lipinski definition) is 6. The van der Waals surface area contributed by atoms with Gasteiger partial charge in [-0.1, -0.05) is 35.4 Å². The molecule has 0 aromatic carbocycles. The standard InChI is InChI=1S/C9H13NO4S2/c1-5(2)9(13)14-10-7(11)4-6(8(10)12)16-15-3/h5-6H,4H2,1-3H3. The third kappa shape index (κ3) is 2.91. The smallest absolute Gasteiger partial charge is 0.330 e. The van der Waals surface area contributed by atoms with Crippen LogP contribution in [0.2, 0.25) is 0 Å². The van der Waals surface area contributed by atoms with Gasteiger partial charge in [0, 0.05) is 0 Å². The molecule has 1 fully saturated rings. The average Bonchev–Trinajstić information content (AvgIpc) is 2.46. The molecule has 1 atom stereocenters. The van der Waals surface area contributed by atoms with Crippen LogP contribution in [-0.4, -0.2) is 34.4 Å². The zero-order valence-corrected chi connectivity index (χ0v) is 10.9. The molecule has 1 rings (SSSR count). The largest absolute Gasteiger partial charge is 0.335 e. The van der Waals surface area contributed by atoms with Gasteiger partial charge in [-0.25, -0.2) is 4.79 Å². The van der Waals surface area contributed by atoms with Crippen LogP contribution in [0.1, 0.15) is 20.3 Å². The molecular formula is C9H13NO4S2. The van der Waals surface area contributed by atoms with Crippen molar-refractivity contribution >= 4 is 39.4 Å². The van der Waals surface area contributed by atoms with Crippen molar-refractivity contribution in [3.8, 4) is 0 Å². The molecule has 1 aliphatic rings. The van der Waals surface area contributed by atoms with Crippen molar-refractivity contribution in [2.45, 2.75) is 25.5 Å². The second kappa shape index (κ2) is 5.58.